The van der Waals surface area contributed by atoms with E-state index in [1.54, 1.807) is 0 Å². The zero-order chi connectivity index (χ0) is 10.7. The third kappa shape index (κ3) is 1.37. The van der Waals surface area contributed by atoms with Gasteiger partial charge in [-0.3, -0.25) is 0 Å². The van der Waals surface area contributed by atoms with E-state index in [1.165, 1.54) is 0 Å². The van der Waals surface area contributed by atoms with Crippen LogP contribution in [0.5, 0.6) is 0 Å². The molecule has 0 saturated heterocycles. The molecule has 0 fully saturated rings. The summed E-state index contributed by atoms with van der Waals surface area (Å²) in [7, 11) is 0. The molecule has 0 bridgehead atoms. The average molecular weight is 388 g/mol. The van der Waals surface area contributed by atoms with Crippen LogP contribution in [-0.2, 0) is 12.9 Å². The Morgan fingerprint density at radius 3 is 0.643 bits per heavy atom. The van der Waals surface area contributed by atoms with Crippen LogP contribution in [-0.4, -0.2) is 51.4 Å². The van der Waals surface area contributed by atoms with E-state index in [9.17, 15) is 0 Å². The normalized spacial score (nSPS) is 12.4. The Labute approximate surface area is 121 Å². The van der Waals surface area contributed by atoms with Crippen LogP contribution in [0.4, 0.5) is 0 Å². The quantitative estimate of drug-likeness (QED) is 0.509. The summed E-state index contributed by atoms with van der Waals surface area (Å²) in [5, 5.41) is 51.6. The molecule has 8 heteroatoms. The molecule has 0 aromatic rings. The van der Waals surface area contributed by atoms with Crippen molar-refractivity contribution in [2.24, 2.45) is 0 Å². The molecule has 65 valence electrons. The molecule has 0 aromatic carbocycles. The molecule has 0 rings (SSSR count). The Morgan fingerprint density at radius 2 is 0.643 bits per heavy atom. The number of hydrogen-bond acceptors (Lipinski definition) is 6. The van der Waals surface area contributed by atoms with Crippen molar-refractivity contribution in [3.8, 4) is 27.5 Å². The molecular formula is C6HIrKN6. The van der Waals surface area contributed by atoms with Crippen molar-refractivity contribution >= 4 is 51.4 Å². The van der Waals surface area contributed by atoms with E-state index in [-0.39, 0.29) is 51.4 Å². The number of hydrogen-bond donors (Lipinski definition) is 0. The standard InChI is InChI=1S/6CN.Ir.K.H/c6*1-2;;;. The van der Waals surface area contributed by atoms with Gasteiger partial charge in [0.15, 0.2) is 0 Å². The molecule has 0 amide bonds. The first-order chi connectivity index (χ1) is 5.97. The van der Waals surface area contributed by atoms with Gasteiger partial charge >= 0.3 is 123 Å². The van der Waals surface area contributed by atoms with Crippen LogP contribution >= 0.6 is 0 Å². The number of nitriles is 6. The van der Waals surface area contributed by atoms with Crippen LogP contribution in [0.3, 0.4) is 0 Å². The molecule has 0 atom stereocenters. The molecule has 0 unspecified atom stereocenters. The van der Waals surface area contributed by atoms with Crippen LogP contribution in [0.2, 0.25) is 0 Å². The Kier molecular flexibility index (Phi) is 4.22. The SMILES string of the molecule is N#[C][Ir]([C]#N)([C]#N)([C]#N)([C]#N)[C]#N.[KH]. The van der Waals surface area contributed by atoms with E-state index in [0.29, 0.717) is 0 Å². The molecule has 0 aromatic heterocycles. The van der Waals surface area contributed by atoms with Crippen LogP contribution in [0.25, 0.3) is 0 Å². The third-order valence-electron chi connectivity index (χ3n) is 1.12. The minimum absolute atomic E-state index is 0. The van der Waals surface area contributed by atoms with Gasteiger partial charge in [0.1, 0.15) is 0 Å². The maximum absolute atomic E-state index is 8.60. The van der Waals surface area contributed by atoms with Gasteiger partial charge in [0.05, 0.1) is 0 Å². The minimum atomic E-state index is -6.69. The fraction of sp³-hybridized carbons (Fsp3) is 0. The molecule has 0 aliphatic heterocycles. The summed E-state index contributed by atoms with van der Waals surface area (Å²) in [5.41, 5.74) is 0. The predicted octanol–water partition coefficient (Wildman–Crippen LogP) is -0.550. The van der Waals surface area contributed by atoms with Crippen molar-refractivity contribution in [1.29, 1.82) is 31.6 Å². The molecule has 0 heterocycles. The van der Waals surface area contributed by atoms with Crippen LogP contribution < -0.4 is 0 Å². The number of rotatable bonds is 0. The second-order valence-corrected chi connectivity index (χ2v) is 13.9. The van der Waals surface area contributed by atoms with Crippen molar-refractivity contribution in [1.82, 2.24) is 0 Å². The molecular weight excluding hydrogens is 387 g/mol. The van der Waals surface area contributed by atoms with E-state index >= 15 is 0 Å². The van der Waals surface area contributed by atoms with Gasteiger partial charge in [-0.2, -0.15) is 0 Å². The van der Waals surface area contributed by atoms with Crippen molar-refractivity contribution < 1.29 is 12.9 Å². The van der Waals surface area contributed by atoms with Crippen molar-refractivity contribution in [2.75, 3.05) is 0 Å². The Hall–Kier alpha value is -0.774. The second-order valence-electron chi connectivity index (χ2n) is 1.70. The Balaban J connectivity index is 0. The molecule has 0 spiro atoms. The Morgan fingerprint density at radius 1 is 0.500 bits per heavy atom. The summed E-state index contributed by atoms with van der Waals surface area (Å²) in [6, 6.07) is 0. The molecule has 0 N–H and O–H groups in total. The summed E-state index contributed by atoms with van der Waals surface area (Å²) >= 11 is -6.69. The first kappa shape index (κ1) is 15.7. The van der Waals surface area contributed by atoms with E-state index in [1.807, 2.05) is 0 Å². The van der Waals surface area contributed by atoms with Gasteiger partial charge in [-0.25, -0.2) is 0 Å². The number of nitrogens with zero attached hydrogens (tertiary/aromatic N) is 6. The first-order valence-corrected chi connectivity index (χ1v) is 9.53. The topological polar surface area (TPSA) is 143 Å². The first-order valence-electron chi connectivity index (χ1n) is 2.34. The van der Waals surface area contributed by atoms with E-state index < -0.39 is 12.9 Å². The molecule has 0 saturated carbocycles. The monoisotopic (exact) mass is 389 g/mol. The van der Waals surface area contributed by atoms with Crippen molar-refractivity contribution in [3.63, 3.8) is 0 Å². The Bertz CT molecular complexity index is 392. The van der Waals surface area contributed by atoms with Crippen LogP contribution in [0.1, 0.15) is 0 Å². The fourth-order valence-corrected chi connectivity index (χ4v) is 2.05. The second kappa shape index (κ2) is 3.77. The summed E-state index contributed by atoms with van der Waals surface area (Å²) in [6.45, 7) is 0. The average Bonchev–Trinajstić information content (AvgIpc) is 2.26. The van der Waals surface area contributed by atoms with Crippen molar-refractivity contribution in [3.05, 3.63) is 0 Å². The van der Waals surface area contributed by atoms with Crippen LogP contribution in [0.15, 0.2) is 0 Å². The fourth-order valence-electron chi connectivity index (χ4n) is 0.250. The summed E-state index contributed by atoms with van der Waals surface area (Å²) in [6.07, 6.45) is 0. The van der Waals surface area contributed by atoms with Gasteiger partial charge in [0.25, 0.3) is 0 Å². The summed E-state index contributed by atoms with van der Waals surface area (Å²) in [4.78, 5) is 0. The van der Waals surface area contributed by atoms with Gasteiger partial charge in [-0.05, 0) is 0 Å². The van der Waals surface area contributed by atoms with Gasteiger partial charge < -0.3 is 0 Å². The van der Waals surface area contributed by atoms with Gasteiger partial charge in [0.2, 0.25) is 0 Å². The third-order valence-corrected chi connectivity index (χ3v) is 9.15. The summed E-state index contributed by atoms with van der Waals surface area (Å²) in [5.74, 6) is 0. The molecule has 14 heavy (non-hydrogen) atoms. The summed E-state index contributed by atoms with van der Waals surface area (Å²) < 4.78 is 6.44. The molecule has 0 aliphatic rings. The van der Waals surface area contributed by atoms with E-state index in [2.05, 4.69) is 0 Å². The zero-order valence-corrected chi connectivity index (χ0v) is 8.41. The zero-order valence-electron chi connectivity index (χ0n) is 6.02. The van der Waals surface area contributed by atoms with Gasteiger partial charge in [-0.1, -0.05) is 0 Å². The van der Waals surface area contributed by atoms with E-state index in [4.69, 9.17) is 31.6 Å². The van der Waals surface area contributed by atoms with Gasteiger partial charge in [-0.15, -0.1) is 0 Å². The van der Waals surface area contributed by atoms with Crippen LogP contribution in [0, 0.1) is 59.1 Å². The molecule has 6 nitrogen and oxygen atoms in total. The van der Waals surface area contributed by atoms with Crippen molar-refractivity contribution in [2.45, 2.75) is 0 Å². The van der Waals surface area contributed by atoms with E-state index in [0.717, 1.165) is 27.5 Å². The maximum atomic E-state index is 8.60. The molecule has 0 aliphatic carbocycles. The van der Waals surface area contributed by atoms with Gasteiger partial charge in [0, 0.05) is 0 Å². The predicted molar refractivity (Wildman–Crippen MR) is 40.8 cm³/mol. The molecule has 0 radical (unpaired) electrons.